The molecule has 0 aliphatic heterocycles. The maximum Gasteiger partial charge on any atom is 0.174 e. The van der Waals surface area contributed by atoms with E-state index in [-0.39, 0.29) is 0 Å². The Bertz CT molecular complexity index is 1250. The van der Waals surface area contributed by atoms with Crippen molar-refractivity contribution in [2.45, 2.75) is 45.4 Å². The Morgan fingerprint density at radius 1 is 0.710 bits per heavy atom. The molecule has 4 aromatic rings. The second-order valence-electron chi connectivity index (χ2n) is 8.22. The normalized spacial score (nSPS) is 13.7. The van der Waals surface area contributed by atoms with Crippen LogP contribution in [-0.4, -0.2) is 19.9 Å². The van der Waals surface area contributed by atoms with Gasteiger partial charge in [-0.25, -0.2) is 0 Å². The Morgan fingerprint density at radius 2 is 1.26 bits per heavy atom. The van der Waals surface area contributed by atoms with Gasteiger partial charge < -0.3 is 19.9 Å². The fraction of sp³-hybridized carbons (Fsp3) is 0.280. The third kappa shape index (κ3) is 5.32. The van der Waals surface area contributed by atoms with Crippen molar-refractivity contribution in [2.24, 2.45) is 0 Å². The number of benzene rings is 2. The van der Waals surface area contributed by atoms with E-state index in [9.17, 15) is 0 Å². The molecule has 5 rings (SSSR count). The van der Waals surface area contributed by atoms with E-state index in [0.29, 0.717) is 9.54 Å². The summed E-state index contributed by atoms with van der Waals surface area (Å²) in [6.07, 6.45) is 9.30. The fourth-order valence-corrected chi connectivity index (χ4v) is 4.42. The Morgan fingerprint density at radius 3 is 1.77 bits per heavy atom. The molecule has 0 radical (unpaired) electrons. The topological polar surface area (TPSA) is 63.2 Å². The maximum atomic E-state index is 5.03. The third-order valence-corrected chi connectivity index (χ3v) is 6.50. The van der Waals surface area contributed by atoms with Crippen LogP contribution in [0.2, 0.25) is 0 Å². The van der Waals surface area contributed by atoms with Gasteiger partial charge in [-0.05, 0) is 90.9 Å². The lowest BCUT2D eigenvalue weighted by molar-refractivity contribution is 0.723. The first kappa shape index (κ1) is 21.5. The van der Waals surface area contributed by atoms with Gasteiger partial charge in [-0.1, -0.05) is 49.2 Å². The van der Waals surface area contributed by atoms with Crippen molar-refractivity contribution in [1.29, 1.82) is 0 Å². The lowest BCUT2D eigenvalue weighted by Crippen LogP contribution is -1.91. The minimum Gasteiger partial charge on any atom is -0.337 e. The highest BCUT2D eigenvalue weighted by molar-refractivity contribution is 7.71. The Labute approximate surface area is 193 Å². The molecule has 1 aliphatic carbocycles. The average molecular weight is 449 g/mol. The van der Waals surface area contributed by atoms with Crippen LogP contribution >= 0.6 is 24.4 Å². The molecule has 0 saturated heterocycles. The molecule has 0 bridgehead atoms. The summed E-state index contributed by atoms with van der Waals surface area (Å²) in [5.74, 6) is 0.786. The van der Waals surface area contributed by atoms with Crippen molar-refractivity contribution in [3.8, 4) is 22.5 Å². The predicted octanol–water partition coefficient (Wildman–Crippen LogP) is 7.75. The molecule has 4 N–H and O–H groups in total. The molecule has 0 amide bonds. The van der Waals surface area contributed by atoms with E-state index in [1.54, 1.807) is 0 Å². The van der Waals surface area contributed by atoms with Gasteiger partial charge in [0.1, 0.15) is 0 Å². The van der Waals surface area contributed by atoms with Gasteiger partial charge in [-0.3, -0.25) is 0 Å². The molecule has 31 heavy (non-hydrogen) atoms. The van der Waals surface area contributed by atoms with Gasteiger partial charge in [-0.2, -0.15) is 0 Å². The molecule has 0 spiro atoms. The summed E-state index contributed by atoms with van der Waals surface area (Å²) < 4.78 is 1.35. The van der Waals surface area contributed by atoms with Crippen molar-refractivity contribution in [1.82, 2.24) is 19.9 Å². The molecular weight excluding hydrogens is 420 g/mol. The van der Waals surface area contributed by atoms with Crippen LogP contribution < -0.4 is 0 Å². The highest BCUT2D eigenvalue weighted by atomic mass is 32.1. The summed E-state index contributed by atoms with van der Waals surface area (Å²) in [5, 5.41) is 0. The second-order valence-corrected chi connectivity index (χ2v) is 9.03. The van der Waals surface area contributed by atoms with E-state index in [4.69, 9.17) is 24.4 Å². The SMILES string of the molecule is Cc1ccc(-c2c[nH]c(=S)[nH]2)cc1C.S=c1[nH]cc(-c2ccc(C3CCCC3)cc2)[nH]1. The summed E-state index contributed by atoms with van der Waals surface area (Å²) >= 11 is 10.0. The number of aromatic nitrogens is 4. The van der Waals surface area contributed by atoms with Crippen molar-refractivity contribution >= 4 is 24.4 Å². The minimum absolute atomic E-state index is 0.665. The van der Waals surface area contributed by atoms with Crippen LogP contribution in [0.25, 0.3) is 22.5 Å². The molecule has 0 atom stereocenters. The van der Waals surface area contributed by atoms with Crippen LogP contribution in [0.1, 0.15) is 48.3 Å². The van der Waals surface area contributed by atoms with Crippen LogP contribution in [0.3, 0.4) is 0 Å². The number of imidazole rings is 2. The smallest absolute Gasteiger partial charge is 0.174 e. The monoisotopic (exact) mass is 448 g/mol. The number of aryl methyl sites for hydroxylation is 2. The lowest BCUT2D eigenvalue weighted by Gasteiger charge is -2.09. The molecule has 1 fully saturated rings. The highest BCUT2D eigenvalue weighted by Crippen LogP contribution is 2.34. The second kappa shape index (κ2) is 9.62. The Kier molecular flexibility index (Phi) is 6.68. The van der Waals surface area contributed by atoms with Crippen LogP contribution in [0.15, 0.2) is 54.9 Å². The third-order valence-electron chi connectivity index (χ3n) is 6.06. The Hall–Kier alpha value is -2.70. The zero-order valence-electron chi connectivity index (χ0n) is 17.9. The average Bonchev–Trinajstić information content (AvgIpc) is 3.53. The quantitative estimate of drug-likeness (QED) is 0.242. The molecule has 6 heteroatoms. The van der Waals surface area contributed by atoms with Crippen molar-refractivity contribution in [2.75, 3.05) is 0 Å². The van der Waals surface area contributed by atoms with E-state index in [0.717, 1.165) is 17.3 Å². The molecule has 4 nitrogen and oxygen atoms in total. The van der Waals surface area contributed by atoms with Crippen LogP contribution in [0.4, 0.5) is 0 Å². The first-order valence-electron chi connectivity index (χ1n) is 10.7. The van der Waals surface area contributed by atoms with E-state index < -0.39 is 0 Å². The summed E-state index contributed by atoms with van der Waals surface area (Å²) in [7, 11) is 0. The van der Waals surface area contributed by atoms with Crippen molar-refractivity contribution < 1.29 is 0 Å². The minimum atomic E-state index is 0.665. The molecule has 2 heterocycles. The number of rotatable bonds is 3. The number of hydrogen-bond donors (Lipinski definition) is 4. The molecule has 2 aromatic carbocycles. The van der Waals surface area contributed by atoms with E-state index in [2.05, 4.69) is 76.2 Å². The van der Waals surface area contributed by atoms with Gasteiger partial charge in [0.25, 0.3) is 0 Å². The standard InChI is InChI=1S/C14H16N2S.C11H12N2S/c17-14-15-9-13(16-14)12-7-5-11(6-8-12)10-3-1-2-4-10;1-7-3-4-9(5-8(7)2)10-6-12-11(14)13-10/h5-10H,1-4H2,(H2,15,16,17);3-6H,1-2H3,(H2,12,13,14). The van der Waals surface area contributed by atoms with Gasteiger partial charge in [-0.15, -0.1) is 0 Å². The maximum absolute atomic E-state index is 5.03. The first-order chi connectivity index (χ1) is 15.0. The van der Waals surface area contributed by atoms with Gasteiger partial charge in [0.05, 0.1) is 11.4 Å². The Balaban J connectivity index is 0.000000152. The summed E-state index contributed by atoms with van der Waals surface area (Å²) in [6.45, 7) is 4.22. The molecule has 1 saturated carbocycles. The van der Waals surface area contributed by atoms with E-state index in [1.165, 1.54) is 53.5 Å². The first-order valence-corrected chi connectivity index (χ1v) is 11.5. The number of nitrogens with one attached hydrogen (secondary N) is 4. The summed E-state index contributed by atoms with van der Waals surface area (Å²) in [4.78, 5) is 12.2. The molecule has 0 unspecified atom stereocenters. The number of aromatic amines is 4. The van der Waals surface area contributed by atoms with Gasteiger partial charge in [0.2, 0.25) is 0 Å². The summed E-state index contributed by atoms with van der Waals surface area (Å²) in [6, 6.07) is 15.3. The molecule has 1 aliphatic rings. The van der Waals surface area contributed by atoms with Crippen molar-refractivity contribution in [3.63, 3.8) is 0 Å². The van der Waals surface area contributed by atoms with Crippen LogP contribution in [0, 0.1) is 23.4 Å². The van der Waals surface area contributed by atoms with Gasteiger partial charge in [0.15, 0.2) is 9.54 Å². The van der Waals surface area contributed by atoms with E-state index in [1.807, 2.05) is 12.4 Å². The zero-order valence-corrected chi connectivity index (χ0v) is 19.6. The van der Waals surface area contributed by atoms with Crippen LogP contribution in [0.5, 0.6) is 0 Å². The molecular formula is C25H28N4S2. The predicted molar refractivity (Wildman–Crippen MR) is 134 cm³/mol. The van der Waals surface area contributed by atoms with Crippen LogP contribution in [-0.2, 0) is 0 Å². The largest absolute Gasteiger partial charge is 0.337 e. The number of hydrogen-bond acceptors (Lipinski definition) is 2. The molecule has 2 aromatic heterocycles. The van der Waals surface area contributed by atoms with Gasteiger partial charge >= 0.3 is 0 Å². The van der Waals surface area contributed by atoms with Gasteiger partial charge in [0, 0.05) is 12.4 Å². The van der Waals surface area contributed by atoms with Crippen molar-refractivity contribution in [3.05, 3.63) is 81.1 Å². The lowest BCUT2D eigenvalue weighted by atomic mass is 9.96. The fourth-order valence-electron chi connectivity index (χ4n) is 4.08. The zero-order chi connectivity index (χ0) is 21.8. The number of H-pyrrole nitrogens is 4. The summed E-state index contributed by atoms with van der Waals surface area (Å²) in [5.41, 5.74) is 8.55. The molecule has 160 valence electrons. The highest BCUT2D eigenvalue weighted by Gasteiger charge is 2.16. The van der Waals surface area contributed by atoms with E-state index >= 15 is 0 Å².